The number of benzene rings is 1. The lowest BCUT2D eigenvalue weighted by atomic mass is 9.95. The van der Waals surface area contributed by atoms with Crippen LogP contribution in [0.25, 0.3) is 0 Å². The summed E-state index contributed by atoms with van der Waals surface area (Å²) in [7, 11) is 0. The fourth-order valence-electron chi connectivity index (χ4n) is 2.51. The summed E-state index contributed by atoms with van der Waals surface area (Å²) in [6.45, 7) is 0. The van der Waals surface area contributed by atoms with Crippen molar-refractivity contribution in [3.8, 4) is 0 Å². The molecule has 1 aromatic rings. The van der Waals surface area contributed by atoms with Gasteiger partial charge in [-0.15, -0.1) is 0 Å². The number of carbonyl (C=O) groups excluding carboxylic acids is 1. The molecule has 0 unspecified atom stereocenters. The summed E-state index contributed by atoms with van der Waals surface area (Å²) in [6.07, 6.45) is 5.13. The van der Waals surface area contributed by atoms with Crippen molar-refractivity contribution >= 4 is 11.8 Å². The third-order valence-corrected chi connectivity index (χ3v) is 3.53. The third-order valence-electron chi connectivity index (χ3n) is 3.53. The van der Waals surface area contributed by atoms with Crippen molar-refractivity contribution in [2.75, 3.05) is 0 Å². The van der Waals surface area contributed by atoms with E-state index in [1.807, 2.05) is 30.3 Å². The lowest BCUT2D eigenvalue weighted by molar-refractivity contribution is -0.141. The van der Waals surface area contributed by atoms with Crippen LogP contribution in [0.1, 0.15) is 31.2 Å². The van der Waals surface area contributed by atoms with E-state index in [1.165, 1.54) is 5.56 Å². The van der Waals surface area contributed by atoms with E-state index < -0.39 is 11.9 Å². The maximum atomic E-state index is 12.0. The van der Waals surface area contributed by atoms with Crippen LogP contribution < -0.4 is 0 Å². The van der Waals surface area contributed by atoms with Crippen molar-refractivity contribution in [1.29, 1.82) is 0 Å². The number of Topliss-reactive ketones (excluding diaryl/α,β-unsaturated/α-hetero) is 1. The van der Waals surface area contributed by atoms with Crippen molar-refractivity contribution < 1.29 is 14.7 Å². The third kappa shape index (κ3) is 3.53. The van der Waals surface area contributed by atoms with Gasteiger partial charge in [0.1, 0.15) is 0 Å². The molecule has 0 aliphatic heterocycles. The molecule has 0 aromatic heterocycles. The van der Waals surface area contributed by atoms with Crippen LogP contribution in [0.3, 0.4) is 0 Å². The van der Waals surface area contributed by atoms with Crippen LogP contribution in [-0.2, 0) is 16.0 Å². The summed E-state index contributed by atoms with van der Waals surface area (Å²) >= 11 is 0. The van der Waals surface area contributed by atoms with Crippen LogP contribution in [0.2, 0.25) is 0 Å². The number of hydrogen-bond acceptors (Lipinski definition) is 2. The van der Waals surface area contributed by atoms with Gasteiger partial charge in [-0.2, -0.15) is 0 Å². The molecule has 0 radical (unpaired) electrons. The number of rotatable bonds is 6. The van der Waals surface area contributed by atoms with Gasteiger partial charge >= 0.3 is 5.97 Å². The molecule has 1 aromatic carbocycles. The second kappa shape index (κ2) is 6.32. The van der Waals surface area contributed by atoms with E-state index in [0.717, 1.165) is 12.8 Å². The lowest BCUT2D eigenvalue weighted by Gasteiger charge is -2.09. The highest BCUT2D eigenvalue weighted by Crippen LogP contribution is 2.28. The predicted octanol–water partition coefficient (Wildman–Crippen LogP) is 3.00. The van der Waals surface area contributed by atoms with Gasteiger partial charge in [0.2, 0.25) is 0 Å². The molecule has 19 heavy (non-hydrogen) atoms. The number of aryl methyl sites for hydroxylation is 1. The van der Waals surface area contributed by atoms with Gasteiger partial charge < -0.3 is 5.11 Å². The Hall–Kier alpha value is -1.90. The number of aliphatic carboxylic acids is 1. The molecule has 0 amide bonds. The van der Waals surface area contributed by atoms with E-state index in [4.69, 9.17) is 5.11 Å². The summed E-state index contributed by atoms with van der Waals surface area (Å²) in [5.74, 6) is -1.45. The van der Waals surface area contributed by atoms with Crippen LogP contribution >= 0.6 is 0 Å². The Balaban J connectivity index is 1.83. The highest BCUT2D eigenvalue weighted by Gasteiger charge is 2.29. The topological polar surface area (TPSA) is 54.4 Å². The zero-order valence-electron chi connectivity index (χ0n) is 10.8. The van der Waals surface area contributed by atoms with Crippen molar-refractivity contribution in [3.63, 3.8) is 0 Å². The van der Waals surface area contributed by atoms with E-state index in [1.54, 1.807) is 6.08 Å². The number of hydrogen-bond donors (Lipinski definition) is 1. The average molecular weight is 258 g/mol. The Labute approximate surface area is 113 Å². The van der Waals surface area contributed by atoms with E-state index in [2.05, 4.69) is 0 Å². The Kier molecular flexibility index (Phi) is 4.50. The van der Waals surface area contributed by atoms with Gasteiger partial charge in [0.25, 0.3) is 0 Å². The molecule has 0 fully saturated rings. The van der Waals surface area contributed by atoms with Crippen molar-refractivity contribution in [2.24, 2.45) is 5.92 Å². The van der Waals surface area contributed by atoms with Crippen molar-refractivity contribution in [3.05, 3.63) is 47.5 Å². The first-order valence-corrected chi connectivity index (χ1v) is 6.68. The molecule has 1 N–H and O–H groups in total. The van der Waals surface area contributed by atoms with E-state index in [0.29, 0.717) is 24.8 Å². The van der Waals surface area contributed by atoms with Gasteiger partial charge in [0.05, 0.1) is 5.92 Å². The molecule has 3 heteroatoms. The standard InChI is InChI=1S/C16H18O3/c17-15(13-9-5-10-14(13)16(18)19)11-4-8-12-6-2-1-3-7-12/h1-3,6-7,9,14H,4-5,8,10-11H2,(H,18,19)/t14-/m0/s1. The normalized spacial score (nSPS) is 18.1. The Morgan fingerprint density at radius 2 is 1.95 bits per heavy atom. The minimum Gasteiger partial charge on any atom is -0.481 e. The Bertz CT molecular complexity index is 488. The van der Waals surface area contributed by atoms with E-state index in [9.17, 15) is 9.59 Å². The highest BCUT2D eigenvalue weighted by atomic mass is 16.4. The maximum absolute atomic E-state index is 12.0. The molecule has 3 nitrogen and oxygen atoms in total. The van der Waals surface area contributed by atoms with E-state index in [-0.39, 0.29) is 5.78 Å². The quantitative estimate of drug-likeness (QED) is 0.853. The van der Waals surface area contributed by atoms with Crippen molar-refractivity contribution in [1.82, 2.24) is 0 Å². The molecule has 1 aliphatic rings. The molecule has 0 bridgehead atoms. The predicted molar refractivity (Wildman–Crippen MR) is 72.8 cm³/mol. The fraction of sp³-hybridized carbons (Fsp3) is 0.375. The maximum Gasteiger partial charge on any atom is 0.311 e. The number of carboxylic acids is 1. The molecule has 100 valence electrons. The van der Waals surface area contributed by atoms with Crippen molar-refractivity contribution in [2.45, 2.75) is 32.1 Å². The minimum absolute atomic E-state index is 0.000770. The highest BCUT2D eigenvalue weighted by molar-refractivity contribution is 6.00. The Morgan fingerprint density at radius 1 is 1.21 bits per heavy atom. The zero-order valence-corrected chi connectivity index (χ0v) is 10.8. The Morgan fingerprint density at radius 3 is 2.63 bits per heavy atom. The number of carbonyl (C=O) groups is 2. The molecular formula is C16H18O3. The SMILES string of the molecule is O=C(CCCc1ccccc1)C1=CCC[C@@H]1C(=O)O. The molecule has 0 saturated carbocycles. The second-order valence-electron chi connectivity index (χ2n) is 4.89. The monoisotopic (exact) mass is 258 g/mol. The number of carboxylic acid groups (broad SMARTS) is 1. The minimum atomic E-state index is -0.875. The molecule has 2 rings (SSSR count). The van der Waals surface area contributed by atoms with Crippen LogP contribution in [0.15, 0.2) is 42.0 Å². The molecule has 0 heterocycles. The first-order valence-electron chi connectivity index (χ1n) is 6.68. The summed E-state index contributed by atoms with van der Waals surface area (Å²) in [5, 5.41) is 9.04. The van der Waals surface area contributed by atoms with Gasteiger partial charge in [-0.25, -0.2) is 0 Å². The summed E-state index contributed by atoms with van der Waals surface area (Å²) in [6, 6.07) is 10.0. The summed E-state index contributed by atoms with van der Waals surface area (Å²) in [4.78, 5) is 23.0. The van der Waals surface area contributed by atoms with Gasteiger partial charge in [-0.1, -0.05) is 36.4 Å². The average Bonchev–Trinajstić information content (AvgIpc) is 2.89. The van der Waals surface area contributed by atoms with E-state index >= 15 is 0 Å². The summed E-state index contributed by atoms with van der Waals surface area (Å²) < 4.78 is 0. The van der Waals surface area contributed by atoms with Crippen LogP contribution in [-0.4, -0.2) is 16.9 Å². The second-order valence-corrected chi connectivity index (χ2v) is 4.89. The molecule has 0 spiro atoms. The number of ketones is 1. The molecule has 1 atom stereocenters. The van der Waals surface area contributed by atoms with Crippen LogP contribution in [0, 0.1) is 5.92 Å². The first kappa shape index (κ1) is 13.5. The van der Waals surface area contributed by atoms with Gasteiger partial charge in [0, 0.05) is 12.0 Å². The first-order chi connectivity index (χ1) is 9.18. The van der Waals surface area contributed by atoms with Crippen LogP contribution in [0.4, 0.5) is 0 Å². The smallest absolute Gasteiger partial charge is 0.311 e. The van der Waals surface area contributed by atoms with Crippen LogP contribution in [0.5, 0.6) is 0 Å². The number of allylic oxidation sites excluding steroid dienone is 1. The molecular weight excluding hydrogens is 240 g/mol. The van der Waals surface area contributed by atoms with Gasteiger partial charge in [0.15, 0.2) is 5.78 Å². The zero-order chi connectivity index (χ0) is 13.7. The lowest BCUT2D eigenvalue weighted by Crippen LogP contribution is -2.18. The fourth-order valence-corrected chi connectivity index (χ4v) is 2.51. The van der Waals surface area contributed by atoms with Gasteiger partial charge in [-0.3, -0.25) is 9.59 Å². The summed E-state index contributed by atoms with van der Waals surface area (Å²) in [5.41, 5.74) is 1.73. The van der Waals surface area contributed by atoms with Gasteiger partial charge in [-0.05, 0) is 31.2 Å². The molecule has 1 aliphatic carbocycles. The molecule has 0 saturated heterocycles. The largest absolute Gasteiger partial charge is 0.481 e.